The molecule has 0 aliphatic carbocycles. The third-order valence-corrected chi connectivity index (χ3v) is 4.47. The number of ether oxygens (including phenoxy) is 1. The van der Waals surface area contributed by atoms with E-state index < -0.39 is 17.6 Å². The number of amides is 3. The first-order chi connectivity index (χ1) is 15.7. The van der Waals surface area contributed by atoms with Crippen molar-refractivity contribution in [1.82, 2.24) is 5.32 Å². The first kappa shape index (κ1) is 23.5. The van der Waals surface area contributed by atoms with Crippen molar-refractivity contribution in [3.8, 4) is 11.1 Å². The van der Waals surface area contributed by atoms with Gasteiger partial charge in [-0.05, 0) is 68.3 Å². The highest BCUT2D eigenvalue weighted by atomic mass is 16.6. The maximum Gasteiger partial charge on any atom is 0.408 e. The van der Waals surface area contributed by atoms with Gasteiger partial charge in [-0.2, -0.15) is 0 Å². The van der Waals surface area contributed by atoms with Crippen molar-refractivity contribution in [2.24, 2.45) is 0 Å². The van der Waals surface area contributed by atoms with E-state index >= 15 is 0 Å². The molecule has 0 atom stereocenters. The van der Waals surface area contributed by atoms with Crippen molar-refractivity contribution in [3.63, 3.8) is 0 Å². The van der Waals surface area contributed by atoms with Crippen molar-refractivity contribution in [3.05, 3.63) is 84.4 Å². The highest BCUT2D eigenvalue weighted by molar-refractivity contribution is 6.04. The summed E-state index contributed by atoms with van der Waals surface area (Å²) in [5.41, 5.74) is 3.16. The van der Waals surface area contributed by atoms with Gasteiger partial charge >= 0.3 is 6.09 Å². The van der Waals surface area contributed by atoms with Crippen LogP contribution in [0.15, 0.2) is 78.9 Å². The summed E-state index contributed by atoms with van der Waals surface area (Å²) in [5.74, 6) is -0.621. The van der Waals surface area contributed by atoms with Crippen LogP contribution in [0.5, 0.6) is 0 Å². The zero-order valence-electron chi connectivity index (χ0n) is 18.8. The Bertz CT molecular complexity index is 1100. The molecule has 0 saturated heterocycles. The number of hydrogen-bond donors (Lipinski definition) is 3. The molecule has 0 aliphatic heterocycles. The van der Waals surface area contributed by atoms with Gasteiger partial charge in [0.05, 0.1) is 0 Å². The summed E-state index contributed by atoms with van der Waals surface area (Å²) in [4.78, 5) is 36.2. The van der Waals surface area contributed by atoms with Crippen molar-refractivity contribution in [2.45, 2.75) is 26.4 Å². The molecule has 0 fully saturated rings. The van der Waals surface area contributed by atoms with E-state index in [1.54, 1.807) is 57.2 Å². The predicted octanol–water partition coefficient (Wildman–Crippen LogP) is 5.07. The lowest BCUT2D eigenvalue weighted by atomic mass is 10.0. The van der Waals surface area contributed by atoms with Gasteiger partial charge in [0, 0.05) is 16.9 Å². The molecule has 3 aromatic rings. The number of benzene rings is 3. The van der Waals surface area contributed by atoms with Crippen LogP contribution in [-0.2, 0) is 9.53 Å². The highest BCUT2D eigenvalue weighted by Crippen LogP contribution is 2.20. The standard InChI is InChI=1S/C26H27N3O4/c1-26(2,3)33-25(32)27-17-23(30)28-21-13-15-22(16-14-21)29-24(31)20-11-9-19(10-12-20)18-7-5-4-6-8-18/h4-16H,17H2,1-3H3,(H,27,32)(H,28,30)(H,29,31). The van der Waals surface area contributed by atoms with E-state index in [0.717, 1.165) is 11.1 Å². The number of alkyl carbamates (subject to hydrolysis) is 1. The van der Waals surface area contributed by atoms with Crippen LogP contribution in [0.25, 0.3) is 11.1 Å². The summed E-state index contributed by atoms with van der Waals surface area (Å²) in [6.45, 7) is 5.01. The normalized spacial score (nSPS) is 10.8. The Labute approximate surface area is 193 Å². The minimum Gasteiger partial charge on any atom is -0.444 e. The van der Waals surface area contributed by atoms with E-state index in [9.17, 15) is 14.4 Å². The number of anilines is 2. The number of hydrogen-bond acceptors (Lipinski definition) is 4. The maximum absolute atomic E-state index is 12.5. The molecule has 0 aliphatic rings. The first-order valence-electron chi connectivity index (χ1n) is 10.5. The Balaban J connectivity index is 1.50. The van der Waals surface area contributed by atoms with Crippen LogP contribution in [-0.4, -0.2) is 30.1 Å². The Kier molecular flexibility index (Phi) is 7.46. The molecule has 0 spiro atoms. The third-order valence-electron chi connectivity index (χ3n) is 4.47. The second-order valence-electron chi connectivity index (χ2n) is 8.38. The molecule has 7 nitrogen and oxygen atoms in total. The van der Waals surface area contributed by atoms with Gasteiger partial charge in [-0.3, -0.25) is 9.59 Å². The Morgan fingerprint density at radius 3 is 1.85 bits per heavy atom. The fourth-order valence-electron chi connectivity index (χ4n) is 2.96. The van der Waals surface area contributed by atoms with E-state index in [1.807, 2.05) is 42.5 Å². The smallest absolute Gasteiger partial charge is 0.408 e. The van der Waals surface area contributed by atoms with Crippen LogP contribution < -0.4 is 16.0 Å². The molecule has 3 rings (SSSR count). The SMILES string of the molecule is CC(C)(C)OC(=O)NCC(=O)Nc1ccc(NC(=O)c2ccc(-c3ccccc3)cc2)cc1. The maximum atomic E-state index is 12.5. The molecule has 33 heavy (non-hydrogen) atoms. The highest BCUT2D eigenvalue weighted by Gasteiger charge is 2.16. The minimum absolute atomic E-state index is 0.216. The van der Waals surface area contributed by atoms with Crippen LogP contribution in [0.1, 0.15) is 31.1 Å². The first-order valence-corrected chi connectivity index (χ1v) is 10.5. The van der Waals surface area contributed by atoms with Gasteiger partial charge in [0.25, 0.3) is 5.91 Å². The van der Waals surface area contributed by atoms with E-state index in [4.69, 9.17) is 4.74 Å². The second kappa shape index (κ2) is 10.5. The quantitative estimate of drug-likeness (QED) is 0.494. The summed E-state index contributed by atoms with van der Waals surface area (Å²) >= 11 is 0. The summed E-state index contributed by atoms with van der Waals surface area (Å²) in [6.07, 6.45) is -0.660. The average molecular weight is 446 g/mol. The summed E-state index contributed by atoms with van der Waals surface area (Å²) < 4.78 is 5.09. The van der Waals surface area contributed by atoms with E-state index in [-0.39, 0.29) is 12.5 Å². The topological polar surface area (TPSA) is 96.5 Å². The zero-order valence-corrected chi connectivity index (χ0v) is 18.8. The number of carbonyl (C=O) groups is 3. The van der Waals surface area contributed by atoms with E-state index in [0.29, 0.717) is 16.9 Å². The summed E-state index contributed by atoms with van der Waals surface area (Å²) in [7, 11) is 0. The summed E-state index contributed by atoms with van der Waals surface area (Å²) in [5, 5.41) is 7.91. The lowest BCUT2D eigenvalue weighted by molar-refractivity contribution is -0.115. The van der Waals surface area contributed by atoms with Gasteiger partial charge in [-0.1, -0.05) is 42.5 Å². The monoisotopic (exact) mass is 445 g/mol. The Hall–Kier alpha value is -4.13. The fourth-order valence-corrected chi connectivity index (χ4v) is 2.96. The van der Waals surface area contributed by atoms with Crippen molar-refractivity contribution in [2.75, 3.05) is 17.2 Å². The van der Waals surface area contributed by atoms with Crippen LogP contribution in [0, 0.1) is 0 Å². The van der Waals surface area contributed by atoms with Gasteiger partial charge in [-0.25, -0.2) is 4.79 Å². The second-order valence-corrected chi connectivity index (χ2v) is 8.38. The van der Waals surface area contributed by atoms with Crippen LogP contribution >= 0.6 is 0 Å². The van der Waals surface area contributed by atoms with Crippen molar-refractivity contribution < 1.29 is 19.1 Å². The minimum atomic E-state index is -0.660. The molecule has 0 radical (unpaired) electrons. The summed E-state index contributed by atoms with van der Waals surface area (Å²) in [6, 6.07) is 24.0. The van der Waals surface area contributed by atoms with Gasteiger partial charge < -0.3 is 20.7 Å². The van der Waals surface area contributed by atoms with Crippen LogP contribution in [0.4, 0.5) is 16.2 Å². The molecule has 0 heterocycles. The predicted molar refractivity (Wildman–Crippen MR) is 129 cm³/mol. The molecule has 3 aromatic carbocycles. The molecule has 0 unspecified atom stereocenters. The van der Waals surface area contributed by atoms with E-state index in [2.05, 4.69) is 16.0 Å². The molecule has 0 saturated carbocycles. The number of rotatable bonds is 6. The van der Waals surface area contributed by atoms with Crippen molar-refractivity contribution in [1.29, 1.82) is 0 Å². The van der Waals surface area contributed by atoms with Gasteiger partial charge in [0.15, 0.2) is 0 Å². The number of nitrogens with one attached hydrogen (secondary N) is 3. The molecular weight excluding hydrogens is 418 g/mol. The van der Waals surface area contributed by atoms with Crippen LogP contribution in [0.2, 0.25) is 0 Å². The lowest BCUT2D eigenvalue weighted by Gasteiger charge is -2.19. The van der Waals surface area contributed by atoms with Crippen molar-refractivity contribution >= 4 is 29.3 Å². The zero-order chi connectivity index (χ0) is 23.8. The molecule has 3 N–H and O–H groups in total. The molecule has 0 aromatic heterocycles. The Morgan fingerprint density at radius 2 is 1.27 bits per heavy atom. The lowest BCUT2D eigenvalue weighted by Crippen LogP contribution is -2.37. The largest absolute Gasteiger partial charge is 0.444 e. The molecule has 0 bridgehead atoms. The van der Waals surface area contributed by atoms with E-state index in [1.165, 1.54) is 0 Å². The van der Waals surface area contributed by atoms with Gasteiger partial charge in [-0.15, -0.1) is 0 Å². The molecule has 7 heteroatoms. The molecule has 3 amide bonds. The van der Waals surface area contributed by atoms with Crippen LogP contribution in [0.3, 0.4) is 0 Å². The molecule has 170 valence electrons. The number of carbonyl (C=O) groups excluding carboxylic acids is 3. The van der Waals surface area contributed by atoms with Gasteiger partial charge in [0.2, 0.25) is 5.91 Å². The third kappa shape index (κ3) is 7.50. The fraction of sp³-hybridized carbons (Fsp3) is 0.192. The molecular formula is C26H27N3O4. The average Bonchev–Trinajstić information content (AvgIpc) is 2.78. The van der Waals surface area contributed by atoms with Gasteiger partial charge in [0.1, 0.15) is 12.1 Å². The Morgan fingerprint density at radius 1 is 0.727 bits per heavy atom.